The molecule has 2 aromatic rings. The van der Waals surface area contributed by atoms with Crippen molar-refractivity contribution >= 4 is 17.7 Å². The molecule has 0 aliphatic heterocycles. The number of benzene rings is 2. The first-order chi connectivity index (χ1) is 11.6. The fraction of sp³-hybridized carbons (Fsp3) is 0.333. The second kappa shape index (κ2) is 8.68. The van der Waals surface area contributed by atoms with E-state index in [0.29, 0.717) is 5.92 Å². The second-order valence-corrected chi connectivity index (χ2v) is 6.55. The summed E-state index contributed by atoms with van der Waals surface area (Å²) in [6, 6.07) is 15.8. The molecule has 0 saturated heterocycles. The van der Waals surface area contributed by atoms with Crippen LogP contribution in [0.3, 0.4) is 0 Å². The number of hydrogen-bond donors (Lipinski definition) is 0. The van der Waals surface area contributed by atoms with Gasteiger partial charge in [0.15, 0.2) is 0 Å². The van der Waals surface area contributed by atoms with E-state index < -0.39 is 0 Å². The van der Waals surface area contributed by atoms with E-state index in [9.17, 15) is 0 Å². The smallest absolute Gasteiger partial charge is 0.0193 e. The molecule has 0 nitrogen and oxygen atoms in total. The standard InChI is InChI=1S/C24H30/c1-6-18(4)22-12-9-20(10-13-22)11-14-24-17-23(19(5)7-2)16-15-21(24)8-3/h7,9-18H,6,8H2,1-5H3. The number of aryl methyl sites for hydroxylation is 1. The number of allylic oxidation sites excluding steroid dienone is 2. The van der Waals surface area contributed by atoms with Gasteiger partial charge in [-0.05, 0) is 72.1 Å². The average Bonchev–Trinajstić information content (AvgIpc) is 2.65. The maximum Gasteiger partial charge on any atom is -0.0193 e. The van der Waals surface area contributed by atoms with E-state index in [1.54, 1.807) is 0 Å². The molecule has 0 aliphatic rings. The predicted molar refractivity (Wildman–Crippen MR) is 109 cm³/mol. The Kier molecular flexibility index (Phi) is 6.61. The highest BCUT2D eigenvalue weighted by molar-refractivity contribution is 5.74. The number of rotatable bonds is 6. The Morgan fingerprint density at radius 3 is 2.29 bits per heavy atom. The maximum absolute atomic E-state index is 2.30. The molecule has 2 rings (SSSR count). The Labute approximate surface area is 147 Å². The molecule has 0 saturated carbocycles. The molecule has 126 valence electrons. The molecule has 1 atom stereocenters. The average molecular weight is 319 g/mol. The topological polar surface area (TPSA) is 0 Å². The predicted octanol–water partition coefficient (Wildman–Crippen LogP) is 7.36. The fourth-order valence-electron chi connectivity index (χ4n) is 2.84. The lowest BCUT2D eigenvalue weighted by Gasteiger charge is -2.09. The summed E-state index contributed by atoms with van der Waals surface area (Å²) >= 11 is 0. The van der Waals surface area contributed by atoms with Crippen molar-refractivity contribution in [3.63, 3.8) is 0 Å². The summed E-state index contributed by atoms with van der Waals surface area (Å²) in [4.78, 5) is 0. The first-order valence-electron chi connectivity index (χ1n) is 9.13. The molecule has 0 heteroatoms. The fourth-order valence-corrected chi connectivity index (χ4v) is 2.84. The van der Waals surface area contributed by atoms with Crippen LogP contribution in [0.4, 0.5) is 0 Å². The van der Waals surface area contributed by atoms with Gasteiger partial charge in [-0.1, -0.05) is 75.4 Å². The van der Waals surface area contributed by atoms with Crippen LogP contribution in [0.25, 0.3) is 17.7 Å². The van der Waals surface area contributed by atoms with Crippen molar-refractivity contribution in [2.45, 2.75) is 53.4 Å². The van der Waals surface area contributed by atoms with Crippen molar-refractivity contribution in [2.75, 3.05) is 0 Å². The summed E-state index contributed by atoms with van der Waals surface area (Å²) in [6.07, 6.45) is 8.89. The van der Waals surface area contributed by atoms with Gasteiger partial charge in [-0.2, -0.15) is 0 Å². The van der Waals surface area contributed by atoms with Gasteiger partial charge in [0, 0.05) is 0 Å². The maximum atomic E-state index is 2.30. The van der Waals surface area contributed by atoms with Crippen LogP contribution >= 0.6 is 0 Å². The zero-order valence-electron chi connectivity index (χ0n) is 15.8. The SMILES string of the molecule is CC=C(C)c1ccc(CC)c(C=Cc2ccc(C(C)CC)cc2)c1. The van der Waals surface area contributed by atoms with Crippen LogP contribution in [0.5, 0.6) is 0 Å². The summed E-state index contributed by atoms with van der Waals surface area (Å²) in [5.41, 5.74) is 8.04. The van der Waals surface area contributed by atoms with Gasteiger partial charge in [-0.15, -0.1) is 0 Å². The third-order valence-corrected chi connectivity index (χ3v) is 4.99. The van der Waals surface area contributed by atoms with Crippen molar-refractivity contribution in [1.82, 2.24) is 0 Å². The molecule has 24 heavy (non-hydrogen) atoms. The van der Waals surface area contributed by atoms with Gasteiger partial charge in [-0.3, -0.25) is 0 Å². The van der Waals surface area contributed by atoms with Crippen LogP contribution in [0.15, 0.2) is 48.5 Å². The molecule has 0 spiro atoms. The lowest BCUT2D eigenvalue weighted by atomic mass is 9.96. The summed E-state index contributed by atoms with van der Waals surface area (Å²) < 4.78 is 0. The lowest BCUT2D eigenvalue weighted by Crippen LogP contribution is -1.91. The molecule has 2 aromatic carbocycles. The van der Waals surface area contributed by atoms with E-state index in [1.165, 1.54) is 39.8 Å². The van der Waals surface area contributed by atoms with Gasteiger partial charge in [0.05, 0.1) is 0 Å². The van der Waals surface area contributed by atoms with Crippen molar-refractivity contribution in [1.29, 1.82) is 0 Å². The van der Waals surface area contributed by atoms with E-state index in [1.807, 2.05) is 0 Å². The normalized spacial score (nSPS) is 13.5. The van der Waals surface area contributed by atoms with Crippen LogP contribution < -0.4 is 0 Å². The van der Waals surface area contributed by atoms with E-state index in [0.717, 1.165) is 6.42 Å². The van der Waals surface area contributed by atoms with Gasteiger partial charge in [0.1, 0.15) is 0 Å². The molecule has 0 aliphatic carbocycles. The van der Waals surface area contributed by atoms with E-state index in [2.05, 4.69) is 95.3 Å². The third kappa shape index (κ3) is 4.47. The first-order valence-corrected chi connectivity index (χ1v) is 9.13. The Balaban J connectivity index is 2.27. The molecular formula is C24H30. The highest BCUT2D eigenvalue weighted by Gasteiger charge is 2.03. The summed E-state index contributed by atoms with van der Waals surface area (Å²) in [7, 11) is 0. The minimum atomic E-state index is 0.634. The Morgan fingerprint density at radius 1 is 1.00 bits per heavy atom. The minimum Gasteiger partial charge on any atom is -0.0841 e. The zero-order valence-corrected chi connectivity index (χ0v) is 15.8. The molecule has 0 radical (unpaired) electrons. The third-order valence-electron chi connectivity index (χ3n) is 4.99. The van der Waals surface area contributed by atoms with Crippen LogP contribution in [-0.4, -0.2) is 0 Å². The van der Waals surface area contributed by atoms with Crippen molar-refractivity contribution in [3.8, 4) is 0 Å². The summed E-state index contributed by atoms with van der Waals surface area (Å²) in [5, 5.41) is 0. The van der Waals surface area contributed by atoms with Crippen LogP contribution in [0, 0.1) is 0 Å². The Morgan fingerprint density at radius 2 is 1.71 bits per heavy atom. The van der Waals surface area contributed by atoms with Gasteiger partial charge in [0.2, 0.25) is 0 Å². The van der Waals surface area contributed by atoms with Crippen molar-refractivity contribution in [3.05, 3.63) is 76.4 Å². The lowest BCUT2D eigenvalue weighted by molar-refractivity contribution is 0.733. The van der Waals surface area contributed by atoms with Gasteiger partial charge in [0.25, 0.3) is 0 Å². The van der Waals surface area contributed by atoms with Crippen molar-refractivity contribution in [2.24, 2.45) is 0 Å². The Bertz CT molecular complexity index is 714. The molecule has 0 fully saturated rings. The first kappa shape index (κ1) is 18.3. The largest absolute Gasteiger partial charge is 0.0841 e. The van der Waals surface area contributed by atoms with Crippen LogP contribution in [0.1, 0.15) is 74.8 Å². The zero-order chi connectivity index (χ0) is 17.5. The minimum absolute atomic E-state index is 0.634. The van der Waals surface area contributed by atoms with Gasteiger partial charge < -0.3 is 0 Å². The van der Waals surface area contributed by atoms with E-state index in [-0.39, 0.29) is 0 Å². The monoisotopic (exact) mass is 318 g/mol. The van der Waals surface area contributed by atoms with Crippen molar-refractivity contribution < 1.29 is 0 Å². The summed E-state index contributed by atoms with van der Waals surface area (Å²) in [6.45, 7) is 11.0. The van der Waals surface area contributed by atoms with E-state index >= 15 is 0 Å². The van der Waals surface area contributed by atoms with Crippen LogP contribution in [0.2, 0.25) is 0 Å². The van der Waals surface area contributed by atoms with Crippen LogP contribution in [-0.2, 0) is 6.42 Å². The quantitative estimate of drug-likeness (QED) is 0.488. The van der Waals surface area contributed by atoms with Gasteiger partial charge in [-0.25, -0.2) is 0 Å². The summed E-state index contributed by atoms with van der Waals surface area (Å²) in [5.74, 6) is 0.634. The molecule has 1 unspecified atom stereocenters. The molecule has 0 N–H and O–H groups in total. The molecule has 0 heterocycles. The molecule has 0 aromatic heterocycles. The van der Waals surface area contributed by atoms with Gasteiger partial charge >= 0.3 is 0 Å². The molecule has 0 amide bonds. The Hall–Kier alpha value is -2.08. The number of hydrogen-bond acceptors (Lipinski definition) is 0. The second-order valence-electron chi connectivity index (χ2n) is 6.55. The van der Waals surface area contributed by atoms with E-state index in [4.69, 9.17) is 0 Å². The molecule has 0 bridgehead atoms. The highest BCUT2D eigenvalue weighted by atomic mass is 14.1. The molecular weight excluding hydrogens is 288 g/mol. The highest BCUT2D eigenvalue weighted by Crippen LogP contribution is 2.22.